The zero-order valence-electron chi connectivity index (χ0n) is 13.1. The lowest BCUT2D eigenvalue weighted by Crippen LogP contribution is -2.53. The van der Waals surface area contributed by atoms with E-state index in [0.717, 1.165) is 23.5 Å². The number of carbonyl (C=O) groups excluding carboxylic acids is 1. The molecule has 0 amide bonds. The van der Waals surface area contributed by atoms with E-state index in [9.17, 15) is 4.79 Å². The largest absolute Gasteiger partial charge is 0.468 e. The molecular weight excluding hydrogens is 270 g/mol. The third-order valence-electron chi connectivity index (χ3n) is 3.59. The summed E-state index contributed by atoms with van der Waals surface area (Å²) in [5, 5.41) is 3.30. The number of hydrogen-bond acceptors (Lipinski definition) is 5. The van der Waals surface area contributed by atoms with Gasteiger partial charge >= 0.3 is 5.97 Å². The first-order chi connectivity index (χ1) is 9.94. The number of hydrogen-bond donors (Lipinski definition) is 1. The third-order valence-corrected chi connectivity index (χ3v) is 3.59. The number of ether oxygens (including phenoxy) is 3. The van der Waals surface area contributed by atoms with Gasteiger partial charge < -0.3 is 14.2 Å². The van der Waals surface area contributed by atoms with Gasteiger partial charge in [-0.1, -0.05) is 6.07 Å². The molecule has 1 aliphatic heterocycles. The molecule has 5 heteroatoms. The van der Waals surface area contributed by atoms with Crippen molar-refractivity contribution in [3.8, 4) is 11.5 Å². The van der Waals surface area contributed by atoms with Crippen LogP contribution in [0, 0.1) is 0 Å². The lowest BCUT2D eigenvalue weighted by Gasteiger charge is -2.30. The minimum atomic E-state index is -0.695. The Labute approximate surface area is 125 Å². The van der Waals surface area contributed by atoms with E-state index in [1.54, 1.807) is 0 Å². The summed E-state index contributed by atoms with van der Waals surface area (Å²) < 4.78 is 15.6. The standard InChI is InChI=1S/C16H23NO4/c1-11(2)17-16(3,15(18)19-4)8-7-12-5-6-13-14(9-12)21-10-20-13/h5-6,9,11,17H,7-8,10H2,1-4H3. The van der Waals surface area contributed by atoms with Gasteiger partial charge in [0.05, 0.1) is 7.11 Å². The van der Waals surface area contributed by atoms with Crippen molar-refractivity contribution >= 4 is 5.97 Å². The molecule has 1 N–H and O–H groups in total. The molecule has 5 nitrogen and oxygen atoms in total. The summed E-state index contributed by atoms with van der Waals surface area (Å²) in [6, 6.07) is 6.07. The smallest absolute Gasteiger partial charge is 0.325 e. The third kappa shape index (κ3) is 3.67. The molecule has 1 aromatic carbocycles. The Hall–Kier alpha value is -1.75. The van der Waals surface area contributed by atoms with E-state index in [0.29, 0.717) is 6.42 Å². The lowest BCUT2D eigenvalue weighted by atomic mass is 9.92. The average molecular weight is 293 g/mol. The second kappa shape index (κ2) is 6.35. The molecule has 2 rings (SSSR count). The molecular formula is C16H23NO4. The van der Waals surface area contributed by atoms with Crippen LogP contribution in [0.3, 0.4) is 0 Å². The number of fused-ring (bicyclic) bond motifs is 1. The summed E-state index contributed by atoms with van der Waals surface area (Å²) in [6.45, 7) is 6.18. The molecule has 0 aliphatic carbocycles. The van der Waals surface area contributed by atoms with Crippen molar-refractivity contribution in [3.05, 3.63) is 23.8 Å². The molecule has 1 unspecified atom stereocenters. The molecule has 0 radical (unpaired) electrons. The SMILES string of the molecule is COC(=O)C(C)(CCc1ccc2c(c1)OCO2)NC(C)C. The number of carbonyl (C=O) groups is 1. The number of benzene rings is 1. The van der Waals surface area contributed by atoms with Crippen LogP contribution in [0.15, 0.2) is 18.2 Å². The topological polar surface area (TPSA) is 56.8 Å². The normalized spacial score (nSPS) is 15.9. The van der Waals surface area contributed by atoms with Crippen molar-refractivity contribution in [2.24, 2.45) is 0 Å². The van der Waals surface area contributed by atoms with Gasteiger partial charge in [0.2, 0.25) is 6.79 Å². The first kappa shape index (κ1) is 15.6. The maximum atomic E-state index is 12.0. The van der Waals surface area contributed by atoms with Crippen molar-refractivity contribution < 1.29 is 19.0 Å². The van der Waals surface area contributed by atoms with Crippen molar-refractivity contribution in [2.75, 3.05) is 13.9 Å². The lowest BCUT2D eigenvalue weighted by molar-refractivity contribution is -0.148. The van der Waals surface area contributed by atoms with Gasteiger partial charge in [0.15, 0.2) is 11.5 Å². The monoisotopic (exact) mass is 293 g/mol. The second-order valence-electron chi connectivity index (χ2n) is 5.81. The minimum Gasteiger partial charge on any atom is -0.468 e. The number of rotatable bonds is 6. The van der Waals surface area contributed by atoms with E-state index in [1.807, 2.05) is 39.0 Å². The minimum absolute atomic E-state index is 0.200. The van der Waals surface area contributed by atoms with Gasteiger partial charge in [-0.05, 0) is 51.3 Å². The van der Waals surface area contributed by atoms with Gasteiger partial charge in [0.1, 0.15) is 5.54 Å². The zero-order chi connectivity index (χ0) is 15.5. The van der Waals surface area contributed by atoms with E-state index >= 15 is 0 Å². The van der Waals surface area contributed by atoms with E-state index in [1.165, 1.54) is 7.11 Å². The summed E-state index contributed by atoms with van der Waals surface area (Å²) in [5.41, 5.74) is 0.416. The number of esters is 1. The molecule has 1 atom stereocenters. The highest BCUT2D eigenvalue weighted by Gasteiger charge is 2.34. The van der Waals surface area contributed by atoms with Crippen LogP contribution in [-0.4, -0.2) is 31.5 Å². The summed E-state index contributed by atoms with van der Waals surface area (Å²) in [6.07, 6.45) is 1.40. The van der Waals surface area contributed by atoms with Crippen molar-refractivity contribution in [3.63, 3.8) is 0 Å². The first-order valence-electron chi connectivity index (χ1n) is 7.19. The second-order valence-corrected chi connectivity index (χ2v) is 5.81. The van der Waals surface area contributed by atoms with Gasteiger partial charge in [0, 0.05) is 6.04 Å². The maximum Gasteiger partial charge on any atom is 0.325 e. The van der Waals surface area contributed by atoms with Crippen molar-refractivity contribution in [1.82, 2.24) is 5.32 Å². The summed E-state index contributed by atoms with van der Waals surface area (Å²) >= 11 is 0. The zero-order valence-corrected chi connectivity index (χ0v) is 13.1. The molecule has 0 saturated carbocycles. The van der Waals surface area contributed by atoms with Gasteiger partial charge in [-0.15, -0.1) is 0 Å². The van der Waals surface area contributed by atoms with E-state index < -0.39 is 5.54 Å². The van der Waals surface area contributed by atoms with Crippen molar-refractivity contribution in [2.45, 2.75) is 45.2 Å². The highest BCUT2D eigenvalue weighted by atomic mass is 16.7. The summed E-state index contributed by atoms with van der Waals surface area (Å²) in [5.74, 6) is 1.30. The Morgan fingerprint density at radius 1 is 1.38 bits per heavy atom. The Bertz CT molecular complexity index is 515. The van der Waals surface area contributed by atoms with E-state index in [4.69, 9.17) is 14.2 Å². The molecule has 0 bridgehead atoms. The fourth-order valence-corrected chi connectivity index (χ4v) is 2.59. The van der Waals surface area contributed by atoms with Crippen LogP contribution in [0.1, 0.15) is 32.8 Å². The van der Waals surface area contributed by atoms with Crippen LogP contribution >= 0.6 is 0 Å². The van der Waals surface area contributed by atoms with Gasteiger partial charge in [0.25, 0.3) is 0 Å². The molecule has 1 aromatic rings. The Morgan fingerprint density at radius 3 is 2.76 bits per heavy atom. The maximum absolute atomic E-state index is 12.0. The molecule has 21 heavy (non-hydrogen) atoms. The highest BCUT2D eigenvalue weighted by Crippen LogP contribution is 2.33. The average Bonchev–Trinajstić information content (AvgIpc) is 2.91. The van der Waals surface area contributed by atoms with E-state index in [2.05, 4.69) is 5.32 Å². The fourth-order valence-electron chi connectivity index (χ4n) is 2.59. The Morgan fingerprint density at radius 2 is 2.10 bits per heavy atom. The predicted molar refractivity (Wildman–Crippen MR) is 79.6 cm³/mol. The van der Waals surface area contributed by atoms with Gasteiger partial charge in [-0.2, -0.15) is 0 Å². The molecule has 0 saturated heterocycles. The van der Waals surface area contributed by atoms with Crippen LogP contribution in [0.5, 0.6) is 11.5 Å². The first-order valence-corrected chi connectivity index (χ1v) is 7.19. The number of aryl methyl sites for hydroxylation is 1. The number of nitrogens with one attached hydrogen (secondary N) is 1. The van der Waals surface area contributed by atoms with Crippen LogP contribution in [0.2, 0.25) is 0 Å². The van der Waals surface area contributed by atoms with Crippen LogP contribution in [0.25, 0.3) is 0 Å². The van der Waals surface area contributed by atoms with Gasteiger partial charge in [-0.3, -0.25) is 10.1 Å². The molecule has 0 aromatic heterocycles. The molecule has 116 valence electrons. The molecule has 0 spiro atoms. The molecule has 0 fully saturated rings. The summed E-state index contributed by atoms with van der Waals surface area (Å²) in [4.78, 5) is 12.0. The quantitative estimate of drug-likeness (QED) is 0.815. The van der Waals surface area contributed by atoms with E-state index in [-0.39, 0.29) is 18.8 Å². The summed E-state index contributed by atoms with van der Waals surface area (Å²) in [7, 11) is 1.42. The molecule has 1 heterocycles. The van der Waals surface area contributed by atoms with Gasteiger partial charge in [-0.25, -0.2) is 0 Å². The Kier molecular flexibility index (Phi) is 4.73. The predicted octanol–water partition coefficient (Wildman–Crippen LogP) is 2.28. The van der Waals surface area contributed by atoms with Crippen LogP contribution < -0.4 is 14.8 Å². The van der Waals surface area contributed by atoms with Crippen LogP contribution in [-0.2, 0) is 16.0 Å². The van der Waals surface area contributed by atoms with Crippen LogP contribution in [0.4, 0.5) is 0 Å². The highest BCUT2D eigenvalue weighted by molar-refractivity contribution is 5.80. The van der Waals surface area contributed by atoms with Crippen molar-refractivity contribution in [1.29, 1.82) is 0 Å². The number of methoxy groups -OCH3 is 1. The molecule has 1 aliphatic rings. The fraction of sp³-hybridized carbons (Fsp3) is 0.562. The Balaban J connectivity index is 2.06.